The second-order valence-electron chi connectivity index (χ2n) is 3.46. The van der Waals surface area contributed by atoms with Crippen molar-refractivity contribution < 1.29 is 26.3 Å². The van der Waals surface area contributed by atoms with Gasteiger partial charge >= 0.3 is 11.8 Å². The van der Waals surface area contributed by atoms with E-state index in [-0.39, 0.29) is 5.01 Å². The lowest BCUT2D eigenvalue weighted by atomic mass is 10.1. The van der Waals surface area contributed by atoms with Crippen LogP contribution in [-0.4, -0.2) is 41.9 Å². The number of amidine groups is 1. The highest BCUT2D eigenvalue weighted by Crippen LogP contribution is 2.46. The summed E-state index contributed by atoms with van der Waals surface area (Å²) in [7, 11) is 0. The van der Waals surface area contributed by atoms with Gasteiger partial charge in [0, 0.05) is 6.72 Å². The van der Waals surface area contributed by atoms with E-state index in [4.69, 9.17) is 0 Å². The van der Waals surface area contributed by atoms with E-state index in [9.17, 15) is 26.3 Å². The van der Waals surface area contributed by atoms with Crippen molar-refractivity contribution in [3.8, 4) is 0 Å². The fourth-order valence-corrected chi connectivity index (χ4v) is 1.38. The molecule has 1 saturated heterocycles. The molecule has 0 spiro atoms. The number of hydrogen-bond donors (Lipinski definition) is 1. The largest absolute Gasteiger partial charge is 0.370 e. The van der Waals surface area contributed by atoms with Crippen LogP contribution in [0.1, 0.15) is 6.42 Å². The van der Waals surface area contributed by atoms with Crippen molar-refractivity contribution in [2.75, 3.05) is 6.54 Å². The van der Waals surface area contributed by atoms with E-state index in [1.165, 1.54) is 0 Å². The van der Waals surface area contributed by atoms with Gasteiger partial charge in [-0.05, 0) is 0 Å². The monoisotopic (exact) mass is 262 g/mol. The van der Waals surface area contributed by atoms with E-state index in [1.807, 2.05) is 0 Å². The van der Waals surface area contributed by atoms with Crippen LogP contribution in [0.25, 0.3) is 0 Å². The Balaban J connectivity index is 3.35. The third-order valence-corrected chi connectivity index (χ3v) is 2.14. The van der Waals surface area contributed by atoms with Crippen LogP contribution >= 0.6 is 0 Å². The van der Waals surface area contributed by atoms with Crippen LogP contribution in [0, 0.1) is 0 Å². The second-order valence-corrected chi connectivity index (χ2v) is 3.46. The van der Waals surface area contributed by atoms with Gasteiger partial charge in [0.2, 0.25) is 5.84 Å². The molecule has 1 heterocycles. The minimum Gasteiger partial charge on any atom is -0.321 e. The van der Waals surface area contributed by atoms with Crippen molar-refractivity contribution in [1.29, 1.82) is 0 Å². The van der Waals surface area contributed by atoms with Crippen LogP contribution in [0.3, 0.4) is 0 Å². The molecule has 4 nitrogen and oxygen atoms in total. The van der Waals surface area contributed by atoms with E-state index in [2.05, 4.69) is 22.8 Å². The highest BCUT2D eigenvalue weighted by atomic mass is 19.3. The Kier molecular flexibility index (Phi) is 3.02. The molecule has 1 aliphatic heterocycles. The zero-order chi connectivity index (χ0) is 13.5. The lowest BCUT2D eigenvalue weighted by Crippen LogP contribution is -2.50. The number of hydrogen-bond acceptors (Lipinski definition) is 3. The van der Waals surface area contributed by atoms with Crippen molar-refractivity contribution in [3.63, 3.8) is 0 Å². The van der Waals surface area contributed by atoms with Gasteiger partial charge in [-0.15, -0.1) is 0 Å². The van der Waals surface area contributed by atoms with Crippen LogP contribution in [0.5, 0.6) is 0 Å². The highest BCUT2D eigenvalue weighted by Gasteiger charge is 2.67. The maximum Gasteiger partial charge on any atom is 0.370 e. The molecule has 1 fully saturated rings. The molecule has 10 heteroatoms. The van der Waals surface area contributed by atoms with Crippen molar-refractivity contribution in [3.05, 3.63) is 0 Å². The van der Waals surface area contributed by atoms with Gasteiger partial charge in [0.05, 0.1) is 6.42 Å². The summed E-state index contributed by atoms with van der Waals surface area (Å²) in [4.78, 5) is 0. The lowest BCUT2D eigenvalue weighted by molar-refractivity contribution is -0.198. The number of halogens is 6. The summed E-state index contributed by atoms with van der Waals surface area (Å²) in [6.45, 7) is 1.24. The van der Waals surface area contributed by atoms with Crippen molar-refractivity contribution >= 4 is 12.6 Å². The molecule has 17 heavy (non-hydrogen) atoms. The molecule has 0 saturated carbocycles. The molecule has 0 aliphatic carbocycles. The summed E-state index contributed by atoms with van der Waals surface area (Å²) in [6.07, 6.45) is -2.32. The maximum atomic E-state index is 13.3. The summed E-state index contributed by atoms with van der Waals surface area (Å²) in [5.74, 6) is -11.2. The first-order chi connectivity index (χ1) is 7.57. The average molecular weight is 262 g/mol. The van der Waals surface area contributed by atoms with Crippen LogP contribution in [-0.2, 0) is 0 Å². The average Bonchev–Trinajstić information content (AvgIpc) is 2.18. The molecule has 0 bridgehead atoms. The molecule has 98 valence electrons. The molecule has 0 radical (unpaired) electrons. The Labute approximate surface area is 91.7 Å². The van der Waals surface area contributed by atoms with E-state index in [0.717, 1.165) is 0 Å². The summed E-state index contributed by atoms with van der Waals surface area (Å²) in [6, 6.07) is 0. The predicted octanol–water partition coefficient (Wildman–Crippen LogP) is 1.49. The molecule has 0 amide bonds. The Hall–Kier alpha value is -1.48. The SMILES string of the molecule is C=NN1CC(F)(F)CC(F)(F)C(F)(F)/C1=N/N. The van der Waals surface area contributed by atoms with Gasteiger partial charge in [-0.2, -0.15) is 27.8 Å². The zero-order valence-corrected chi connectivity index (χ0v) is 8.31. The van der Waals surface area contributed by atoms with Gasteiger partial charge in [-0.1, -0.05) is 0 Å². The molecule has 1 aliphatic rings. The van der Waals surface area contributed by atoms with Crippen molar-refractivity contribution in [2.45, 2.75) is 24.2 Å². The Morgan fingerprint density at radius 2 is 1.71 bits per heavy atom. The maximum absolute atomic E-state index is 13.3. The Morgan fingerprint density at radius 1 is 1.18 bits per heavy atom. The first-order valence-corrected chi connectivity index (χ1v) is 4.23. The van der Waals surface area contributed by atoms with Gasteiger partial charge in [-0.3, -0.25) is 0 Å². The molecular weight excluding hydrogens is 254 g/mol. The Morgan fingerprint density at radius 3 is 2.12 bits per heavy atom. The highest BCUT2D eigenvalue weighted by molar-refractivity contribution is 5.90. The minimum absolute atomic E-state index is 0.124. The zero-order valence-electron chi connectivity index (χ0n) is 8.31. The van der Waals surface area contributed by atoms with Crippen LogP contribution < -0.4 is 5.84 Å². The fourth-order valence-electron chi connectivity index (χ4n) is 1.38. The lowest BCUT2D eigenvalue weighted by Gasteiger charge is -2.26. The number of rotatable bonds is 1. The molecule has 2 N–H and O–H groups in total. The quantitative estimate of drug-likeness (QED) is 0.337. The topological polar surface area (TPSA) is 54.0 Å². The molecule has 0 atom stereocenters. The van der Waals surface area contributed by atoms with Crippen LogP contribution in [0.2, 0.25) is 0 Å². The molecule has 0 aromatic heterocycles. The van der Waals surface area contributed by atoms with E-state index in [0.29, 0.717) is 0 Å². The minimum atomic E-state index is -4.98. The summed E-state index contributed by atoms with van der Waals surface area (Å²) in [5.41, 5.74) is 0. The molecule has 1 rings (SSSR count). The summed E-state index contributed by atoms with van der Waals surface area (Å²) < 4.78 is 78.6. The van der Waals surface area contributed by atoms with Gasteiger partial charge in [0.1, 0.15) is 6.54 Å². The first kappa shape index (κ1) is 13.6. The predicted molar refractivity (Wildman–Crippen MR) is 47.3 cm³/mol. The van der Waals surface area contributed by atoms with Gasteiger partial charge < -0.3 is 5.84 Å². The van der Waals surface area contributed by atoms with E-state index in [1.54, 1.807) is 0 Å². The third-order valence-electron chi connectivity index (χ3n) is 2.14. The van der Waals surface area contributed by atoms with E-state index >= 15 is 0 Å². The Bertz CT molecular complexity index is 352. The smallest absolute Gasteiger partial charge is 0.321 e. The van der Waals surface area contributed by atoms with Crippen LogP contribution in [0.4, 0.5) is 26.3 Å². The summed E-state index contributed by atoms with van der Waals surface area (Å²) >= 11 is 0. The molecule has 0 aromatic rings. The first-order valence-electron chi connectivity index (χ1n) is 4.23. The third kappa shape index (κ3) is 2.15. The normalized spacial score (nSPS) is 28.8. The standard InChI is InChI=1S/C7H8F6N4/c1-15-17-3-5(8,9)2-6(10,11)7(12,13)4(17)16-14/h1-3,14H2/b16-4-. The van der Waals surface area contributed by atoms with Crippen LogP contribution in [0.15, 0.2) is 10.2 Å². The molecular formula is C7H8F6N4. The fraction of sp³-hybridized carbons (Fsp3) is 0.714. The van der Waals surface area contributed by atoms with Gasteiger partial charge in [0.25, 0.3) is 5.92 Å². The molecule has 0 unspecified atom stereocenters. The number of nitrogens with two attached hydrogens (primary N) is 1. The van der Waals surface area contributed by atoms with Crippen molar-refractivity contribution in [1.82, 2.24) is 5.01 Å². The second kappa shape index (κ2) is 3.77. The summed E-state index contributed by atoms with van der Waals surface area (Å²) in [5, 5.41) is 5.09. The number of nitrogens with zero attached hydrogens (tertiary/aromatic N) is 3. The molecule has 0 aromatic carbocycles. The van der Waals surface area contributed by atoms with Gasteiger partial charge in [0.15, 0.2) is 0 Å². The number of alkyl halides is 6. The van der Waals surface area contributed by atoms with E-state index < -0.39 is 36.6 Å². The van der Waals surface area contributed by atoms with Crippen molar-refractivity contribution in [2.24, 2.45) is 16.0 Å². The van der Waals surface area contributed by atoms with Gasteiger partial charge in [-0.25, -0.2) is 13.8 Å². The number of hydrazone groups is 2.